The Bertz CT molecular complexity index is 444. The molecule has 0 aromatic heterocycles. The maximum atomic E-state index is 8.99. The van der Waals surface area contributed by atoms with Crippen molar-refractivity contribution in [1.29, 1.82) is 5.26 Å². The molecule has 0 aliphatic carbocycles. The van der Waals surface area contributed by atoms with Gasteiger partial charge in [0.05, 0.1) is 17.3 Å². The molecule has 0 saturated heterocycles. The molecule has 0 radical (unpaired) electrons. The van der Waals surface area contributed by atoms with E-state index < -0.39 is 0 Å². The van der Waals surface area contributed by atoms with Crippen LogP contribution >= 0.6 is 0 Å². The van der Waals surface area contributed by atoms with Crippen LogP contribution in [0, 0.1) is 11.3 Å². The molecule has 0 fully saturated rings. The van der Waals surface area contributed by atoms with E-state index in [1.807, 2.05) is 13.0 Å². The second-order valence-electron chi connectivity index (χ2n) is 2.97. The molecule has 0 bridgehead atoms. The number of nitriles is 1. The van der Waals surface area contributed by atoms with Gasteiger partial charge in [0.25, 0.3) is 0 Å². The van der Waals surface area contributed by atoms with E-state index in [9.17, 15) is 0 Å². The molecule has 2 N–H and O–H groups in total. The number of hydrogen-bond donors (Lipinski definition) is 1. The number of allylic oxidation sites excluding steroid dienone is 2. The van der Waals surface area contributed by atoms with Crippen LogP contribution in [-0.4, -0.2) is 0 Å². The Morgan fingerprint density at radius 2 is 2.40 bits per heavy atom. The summed E-state index contributed by atoms with van der Waals surface area (Å²) < 4.78 is 3.69. The van der Waals surface area contributed by atoms with Gasteiger partial charge in [-0.05, 0) is 12.5 Å². The highest BCUT2D eigenvalue weighted by atomic mass is 32.1. The summed E-state index contributed by atoms with van der Waals surface area (Å²) in [4.78, 5) is 0. The van der Waals surface area contributed by atoms with Gasteiger partial charge in [0.2, 0.25) is 0 Å². The lowest BCUT2D eigenvalue weighted by Crippen LogP contribution is -1.90. The van der Waals surface area contributed by atoms with Crippen LogP contribution in [0.15, 0.2) is 28.6 Å². The van der Waals surface area contributed by atoms with Crippen LogP contribution in [-0.2, 0) is 12.4 Å². The highest BCUT2D eigenvalue weighted by molar-refractivity contribution is 7.47. The number of nitrogens with zero attached hydrogens (tertiary/aromatic N) is 2. The van der Waals surface area contributed by atoms with Crippen molar-refractivity contribution >= 4 is 29.4 Å². The van der Waals surface area contributed by atoms with Crippen LogP contribution < -0.4 is 5.73 Å². The first-order valence-electron chi connectivity index (χ1n) is 4.57. The predicted octanol–water partition coefficient (Wildman–Crippen LogP) is 2.95. The largest absolute Gasteiger partial charge is 0.397 e. The molecule has 0 atom stereocenters. The van der Waals surface area contributed by atoms with E-state index in [0.29, 0.717) is 22.5 Å². The Hall–Kier alpha value is -1.73. The minimum Gasteiger partial charge on any atom is -0.397 e. The molecule has 4 heteroatoms. The van der Waals surface area contributed by atoms with Crippen LogP contribution in [0.1, 0.15) is 18.9 Å². The van der Waals surface area contributed by atoms with Gasteiger partial charge in [-0.1, -0.05) is 25.1 Å². The number of rotatable bonds is 3. The molecule has 0 aliphatic heterocycles. The fourth-order valence-corrected chi connectivity index (χ4v) is 1.50. The van der Waals surface area contributed by atoms with Crippen molar-refractivity contribution in [2.24, 2.45) is 4.36 Å². The quantitative estimate of drug-likeness (QED) is 0.625. The topological polar surface area (TPSA) is 62.2 Å². The maximum Gasteiger partial charge on any atom is 0.108 e. The lowest BCUT2D eigenvalue weighted by Gasteiger charge is -2.05. The first-order chi connectivity index (χ1) is 7.24. The van der Waals surface area contributed by atoms with Gasteiger partial charge in [-0.2, -0.15) is 9.62 Å². The lowest BCUT2D eigenvalue weighted by atomic mass is 10.0. The highest BCUT2D eigenvalue weighted by Gasteiger charge is 2.08. The smallest absolute Gasteiger partial charge is 0.108 e. The Balaban J connectivity index is 3.37. The molecule has 1 rings (SSSR count). The van der Waals surface area contributed by atoms with Crippen molar-refractivity contribution in [1.82, 2.24) is 0 Å². The molecule has 1 aromatic rings. The summed E-state index contributed by atoms with van der Waals surface area (Å²) in [5.41, 5.74) is 8.00. The van der Waals surface area contributed by atoms with Crippen molar-refractivity contribution in [2.45, 2.75) is 13.3 Å². The van der Waals surface area contributed by atoms with Crippen molar-refractivity contribution in [3.05, 3.63) is 29.8 Å². The van der Waals surface area contributed by atoms with Crippen molar-refractivity contribution < 1.29 is 0 Å². The van der Waals surface area contributed by atoms with Crippen LogP contribution in [0.5, 0.6) is 0 Å². The van der Waals surface area contributed by atoms with Gasteiger partial charge in [-0.25, -0.2) is 0 Å². The molecule has 0 heterocycles. The van der Waals surface area contributed by atoms with Gasteiger partial charge >= 0.3 is 0 Å². The van der Waals surface area contributed by atoms with Gasteiger partial charge < -0.3 is 5.73 Å². The fourth-order valence-electron chi connectivity index (χ4n) is 1.30. The summed E-state index contributed by atoms with van der Waals surface area (Å²) in [6.07, 6.45) is 2.62. The third-order valence-electron chi connectivity index (χ3n) is 1.98. The molecule has 0 amide bonds. The second-order valence-corrected chi connectivity index (χ2v) is 3.16. The Morgan fingerprint density at radius 3 is 2.93 bits per heavy atom. The molecule has 0 spiro atoms. The zero-order valence-electron chi connectivity index (χ0n) is 8.40. The zero-order valence-corrected chi connectivity index (χ0v) is 9.21. The molecule has 0 aliphatic rings. The fraction of sp³-hybridized carbons (Fsp3) is 0.182. The Labute approximate surface area is 94.4 Å². The monoisotopic (exact) mass is 217 g/mol. The third kappa shape index (κ3) is 2.39. The summed E-state index contributed by atoms with van der Waals surface area (Å²) in [7, 11) is 0. The first kappa shape index (κ1) is 11.3. The van der Waals surface area contributed by atoms with Crippen LogP contribution in [0.25, 0.3) is 5.57 Å². The van der Waals surface area contributed by atoms with Gasteiger partial charge in [0, 0.05) is 18.0 Å². The number of nitrogens with two attached hydrogens (primary N) is 1. The molecule has 0 unspecified atom stereocenters. The standard InChI is InChI=1S/C11H11N3S/c1-2-4-8(7-12)9-5-3-6-10(13)11(9)14-15/h3-6H,2,13H2,1H3/b8-4+. The van der Waals surface area contributed by atoms with Crippen molar-refractivity contribution in [3.63, 3.8) is 0 Å². The highest BCUT2D eigenvalue weighted by Crippen LogP contribution is 2.31. The summed E-state index contributed by atoms with van der Waals surface area (Å²) in [6, 6.07) is 7.42. The van der Waals surface area contributed by atoms with Crippen molar-refractivity contribution in [2.75, 3.05) is 5.73 Å². The normalized spacial score (nSPS) is 10.8. The number of nitrogen functional groups attached to an aromatic ring is 1. The number of benzene rings is 1. The summed E-state index contributed by atoms with van der Waals surface area (Å²) in [6.45, 7) is 1.97. The summed E-state index contributed by atoms with van der Waals surface area (Å²) in [5.74, 6) is 0. The third-order valence-corrected chi connectivity index (χ3v) is 2.16. The van der Waals surface area contributed by atoms with Crippen LogP contribution in [0.4, 0.5) is 11.4 Å². The van der Waals surface area contributed by atoms with Crippen LogP contribution in [0.2, 0.25) is 0 Å². The molecule has 15 heavy (non-hydrogen) atoms. The molecule has 1 aromatic carbocycles. The van der Waals surface area contributed by atoms with Gasteiger partial charge in [-0.3, -0.25) is 0 Å². The predicted molar refractivity (Wildman–Crippen MR) is 64.2 cm³/mol. The summed E-state index contributed by atoms with van der Waals surface area (Å²) >= 11 is 4.65. The number of hydrogen-bond acceptors (Lipinski definition) is 4. The minimum absolute atomic E-state index is 0.500. The second kappa shape index (κ2) is 5.23. The number of anilines is 1. The average Bonchev–Trinajstić information content (AvgIpc) is 2.25. The van der Waals surface area contributed by atoms with E-state index in [1.165, 1.54) is 0 Å². The van der Waals surface area contributed by atoms with E-state index in [2.05, 4.69) is 22.9 Å². The van der Waals surface area contributed by atoms with E-state index in [-0.39, 0.29) is 0 Å². The Morgan fingerprint density at radius 1 is 1.67 bits per heavy atom. The SMILES string of the molecule is CC/C=C(\C#N)c1cccc(N)c1N=S. The molecular weight excluding hydrogens is 206 g/mol. The molecule has 3 nitrogen and oxygen atoms in total. The summed E-state index contributed by atoms with van der Waals surface area (Å²) in [5, 5.41) is 8.99. The van der Waals surface area contributed by atoms with E-state index in [1.54, 1.807) is 18.2 Å². The molecule has 76 valence electrons. The first-order valence-corrected chi connectivity index (χ1v) is 4.93. The van der Waals surface area contributed by atoms with Crippen LogP contribution in [0.3, 0.4) is 0 Å². The maximum absolute atomic E-state index is 8.99. The van der Waals surface area contributed by atoms with E-state index in [4.69, 9.17) is 11.0 Å². The minimum atomic E-state index is 0.500. The van der Waals surface area contributed by atoms with Gasteiger partial charge in [-0.15, -0.1) is 0 Å². The van der Waals surface area contributed by atoms with Crippen molar-refractivity contribution in [3.8, 4) is 6.07 Å². The lowest BCUT2D eigenvalue weighted by molar-refractivity contribution is 1.23. The van der Waals surface area contributed by atoms with E-state index in [0.717, 1.165) is 6.42 Å². The average molecular weight is 217 g/mol. The van der Waals surface area contributed by atoms with E-state index >= 15 is 0 Å². The molecule has 0 saturated carbocycles. The van der Waals surface area contributed by atoms with Gasteiger partial charge in [0.15, 0.2) is 0 Å². The zero-order chi connectivity index (χ0) is 11.3. The van der Waals surface area contributed by atoms with Gasteiger partial charge in [0.1, 0.15) is 5.69 Å². The Kier molecular flexibility index (Phi) is 3.95. The molecular formula is C11H11N3S.